The van der Waals surface area contributed by atoms with E-state index in [1.165, 1.54) is 16.5 Å². The Labute approximate surface area is 92.9 Å². The summed E-state index contributed by atoms with van der Waals surface area (Å²) in [6.45, 7) is 0.652. The maximum absolute atomic E-state index is 11.8. The number of hydrogen-bond donors (Lipinski definition) is 0. The van der Waals surface area contributed by atoms with Crippen molar-refractivity contribution in [1.82, 2.24) is 4.74 Å². The standard InChI is InChI=1S/C12H13NOS/c14-13-7-9-8-15-6-5-10(9)11-3-1-2-4-12(11)13/h1-4,9H,5-8H2. The summed E-state index contributed by atoms with van der Waals surface area (Å²) >= 11 is 1.97. The van der Waals surface area contributed by atoms with Crippen molar-refractivity contribution >= 4 is 17.3 Å². The van der Waals surface area contributed by atoms with Crippen molar-refractivity contribution in [1.29, 1.82) is 0 Å². The van der Waals surface area contributed by atoms with Crippen molar-refractivity contribution in [2.75, 3.05) is 18.1 Å². The molecule has 2 heterocycles. The van der Waals surface area contributed by atoms with Gasteiger partial charge in [0, 0.05) is 17.0 Å². The first-order valence-electron chi connectivity index (χ1n) is 5.34. The number of hydroxylamine groups is 1. The quantitative estimate of drug-likeness (QED) is 0.471. The number of hydrogen-bond acceptors (Lipinski definition) is 2. The van der Waals surface area contributed by atoms with Crippen LogP contribution in [0.3, 0.4) is 0 Å². The van der Waals surface area contributed by atoms with Gasteiger partial charge in [0.25, 0.3) is 0 Å². The van der Waals surface area contributed by atoms with Crippen LogP contribution in [0.5, 0.6) is 0 Å². The maximum Gasteiger partial charge on any atom is 0.218 e. The van der Waals surface area contributed by atoms with Gasteiger partial charge in [-0.05, 0) is 23.8 Å². The van der Waals surface area contributed by atoms with Crippen LogP contribution in [-0.4, -0.2) is 18.1 Å². The summed E-state index contributed by atoms with van der Waals surface area (Å²) in [5.41, 5.74) is 1.51. The monoisotopic (exact) mass is 219 g/mol. The third kappa shape index (κ3) is 1.46. The number of para-hydroxylation sites is 1. The molecule has 3 heteroatoms. The highest BCUT2D eigenvalue weighted by atomic mass is 32.2. The van der Waals surface area contributed by atoms with Gasteiger partial charge < -0.3 is 5.21 Å². The summed E-state index contributed by atoms with van der Waals surface area (Å²) in [7, 11) is 0. The van der Waals surface area contributed by atoms with E-state index in [-0.39, 0.29) is 0 Å². The van der Waals surface area contributed by atoms with Crippen LogP contribution in [0.2, 0.25) is 0 Å². The summed E-state index contributed by atoms with van der Waals surface area (Å²) in [6.07, 6.45) is 1.15. The smallest absolute Gasteiger partial charge is 0.218 e. The molecule has 0 amide bonds. The summed E-state index contributed by atoms with van der Waals surface area (Å²) in [4.78, 5) is 0. The average Bonchev–Trinajstić information content (AvgIpc) is 2.30. The Kier molecular flexibility index (Phi) is 2.20. The van der Waals surface area contributed by atoms with Crippen molar-refractivity contribution < 1.29 is 0 Å². The predicted octanol–water partition coefficient (Wildman–Crippen LogP) is 0.593. The molecule has 0 spiro atoms. The first kappa shape index (κ1) is 9.28. The van der Waals surface area contributed by atoms with E-state index < -0.39 is 0 Å². The van der Waals surface area contributed by atoms with Crippen molar-refractivity contribution in [3.8, 4) is 0 Å². The Morgan fingerprint density at radius 2 is 2.20 bits per heavy atom. The number of fused-ring (bicyclic) bond motifs is 2. The third-order valence-electron chi connectivity index (χ3n) is 3.23. The van der Waals surface area contributed by atoms with Crippen LogP contribution in [0.25, 0.3) is 5.57 Å². The zero-order chi connectivity index (χ0) is 10.3. The SMILES string of the molecule is [O-][N+]1=c2ccccc2=C2CCSCC2C1. The molecular weight excluding hydrogens is 206 g/mol. The van der Waals surface area contributed by atoms with E-state index in [9.17, 15) is 5.21 Å². The number of rotatable bonds is 0. The first-order valence-corrected chi connectivity index (χ1v) is 6.49. The van der Waals surface area contributed by atoms with Gasteiger partial charge in [-0.3, -0.25) is 0 Å². The molecule has 1 unspecified atom stereocenters. The highest BCUT2D eigenvalue weighted by Crippen LogP contribution is 2.28. The van der Waals surface area contributed by atoms with Gasteiger partial charge in [-0.25, -0.2) is 4.74 Å². The Morgan fingerprint density at radius 3 is 3.13 bits per heavy atom. The van der Waals surface area contributed by atoms with Crippen LogP contribution in [-0.2, 0) is 0 Å². The lowest BCUT2D eigenvalue weighted by atomic mass is 9.93. The minimum absolute atomic E-state index is 0.483. The van der Waals surface area contributed by atoms with E-state index in [4.69, 9.17) is 0 Å². The lowest BCUT2D eigenvalue weighted by molar-refractivity contribution is 0.584. The molecule has 0 aliphatic carbocycles. The van der Waals surface area contributed by atoms with E-state index in [1.807, 2.05) is 30.0 Å². The summed E-state index contributed by atoms with van der Waals surface area (Å²) < 4.78 is 1.16. The van der Waals surface area contributed by atoms with Crippen molar-refractivity contribution in [3.63, 3.8) is 0 Å². The lowest BCUT2D eigenvalue weighted by Gasteiger charge is -2.26. The highest BCUT2D eigenvalue weighted by Gasteiger charge is 2.26. The molecule has 1 saturated heterocycles. The van der Waals surface area contributed by atoms with Crippen LogP contribution < -0.4 is 15.3 Å². The van der Waals surface area contributed by atoms with Gasteiger partial charge >= 0.3 is 0 Å². The average molecular weight is 219 g/mol. The topological polar surface area (TPSA) is 26.1 Å². The highest BCUT2D eigenvalue weighted by molar-refractivity contribution is 7.99. The minimum atomic E-state index is 0.483. The molecule has 0 radical (unpaired) electrons. The molecule has 0 N–H and O–H groups in total. The van der Waals surface area contributed by atoms with Crippen LogP contribution in [0, 0.1) is 11.1 Å². The summed E-state index contributed by atoms with van der Waals surface area (Å²) in [5, 5.41) is 13.9. The van der Waals surface area contributed by atoms with Gasteiger partial charge in [0.15, 0.2) is 6.54 Å². The molecule has 1 atom stereocenters. The van der Waals surface area contributed by atoms with Crippen LogP contribution in [0.4, 0.5) is 0 Å². The van der Waals surface area contributed by atoms with Crippen LogP contribution in [0.1, 0.15) is 6.42 Å². The molecule has 1 fully saturated rings. The Hall–Kier alpha value is -0.960. The number of benzene rings is 1. The van der Waals surface area contributed by atoms with Gasteiger partial charge in [0.1, 0.15) is 0 Å². The van der Waals surface area contributed by atoms with E-state index in [1.54, 1.807) is 0 Å². The molecular formula is C12H13NOS. The number of nitrogens with zero attached hydrogens (tertiary/aromatic N) is 1. The minimum Gasteiger partial charge on any atom is -0.623 e. The van der Waals surface area contributed by atoms with E-state index >= 15 is 0 Å². The van der Waals surface area contributed by atoms with Gasteiger partial charge in [-0.15, -0.1) is 0 Å². The first-order chi connectivity index (χ1) is 7.36. The Morgan fingerprint density at radius 1 is 1.33 bits per heavy atom. The normalized spacial score (nSPS) is 24.7. The molecule has 15 heavy (non-hydrogen) atoms. The van der Waals surface area contributed by atoms with Gasteiger partial charge in [-0.2, -0.15) is 11.8 Å². The van der Waals surface area contributed by atoms with Crippen LogP contribution in [0.15, 0.2) is 24.3 Å². The molecule has 0 bridgehead atoms. The largest absolute Gasteiger partial charge is 0.623 e. The Bertz CT molecular complexity index is 509. The summed E-state index contributed by atoms with van der Waals surface area (Å²) in [6, 6.07) is 8.01. The fraction of sp³-hybridized carbons (Fsp3) is 0.417. The molecule has 2 nitrogen and oxygen atoms in total. The fourth-order valence-corrected chi connectivity index (χ4v) is 3.61. The van der Waals surface area contributed by atoms with E-state index in [2.05, 4.69) is 6.07 Å². The van der Waals surface area contributed by atoms with Crippen molar-refractivity contribution in [2.24, 2.45) is 5.92 Å². The van der Waals surface area contributed by atoms with Crippen LogP contribution >= 0.6 is 11.8 Å². The molecule has 1 aromatic rings. The predicted molar refractivity (Wildman–Crippen MR) is 64.0 cm³/mol. The molecule has 0 aromatic heterocycles. The van der Waals surface area contributed by atoms with E-state index in [0.717, 1.165) is 22.3 Å². The molecule has 0 saturated carbocycles. The number of thioether (sulfide) groups is 1. The van der Waals surface area contributed by atoms with Gasteiger partial charge in [0.05, 0.1) is 5.92 Å². The maximum atomic E-state index is 11.8. The fourth-order valence-electron chi connectivity index (χ4n) is 2.49. The third-order valence-corrected chi connectivity index (χ3v) is 4.36. The van der Waals surface area contributed by atoms with Crippen molar-refractivity contribution in [2.45, 2.75) is 6.42 Å². The molecule has 2 aliphatic heterocycles. The lowest BCUT2D eigenvalue weighted by Crippen LogP contribution is -2.47. The van der Waals surface area contributed by atoms with Gasteiger partial charge in [0.2, 0.25) is 5.36 Å². The van der Waals surface area contributed by atoms with E-state index in [0.29, 0.717) is 12.5 Å². The molecule has 78 valence electrons. The molecule has 2 aliphatic rings. The molecule has 1 aromatic carbocycles. The van der Waals surface area contributed by atoms with Crippen molar-refractivity contribution in [3.05, 3.63) is 40.0 Å². The second kappa shape index (κ2) is 3.56. The molecule has 3 rings (SSSR count). The second-order valence-electron chi connectivity index (χ2n) is 4.13. The zero-order valence-corrected chi connectivity index (χ0v) is 9.30. The zero-order valence-electron chi connectivity index (χ0n) is 8.48. The Balaban J connectivity index is 2.33. The second-order valence-corrected chi connectivity index (χ2v) is 5.28. The summed E-state index contributed by atoms with van der Waals surface area (Å²) in [5.74, 6) is 2.80. The van der Waals surface area contributed by atoms with Gasteiger partial charge in [-0.1, -0.05) is 12.1 Å².